The van der Waals surface area contributed by atoms with Crippen LogP contribution in [-0.4, -0.2) is 7.05 Å². The molecule has 0 aliphatic heterocycles. The Morgan fingerprint density at radius 2 is 1.76 bits per heavy atom. The quantitative estimate of drug-likeness (QED) is 0.753. The molecule has 0 saturated carbocycles. The first-order chi connectivity index (χ1) is 8.20. The van der Waals surface area contributed by atoms with E-state index in [2.05, 4.69) is 92.4 Å². The Morgan fingerprint density at radius 1 is 1.06 bits per heavy atom. The zero-order chi connectivity index (χ0) is 12.3. The number of benzene rings is 2. The van der Waals surface area contributed by atoms with Gasteiger partial charge in [0.1, 0.15) is 0 Å². The average molecular weight is 402 g/mol. The van der Waals surface area contributed by atoms with E-state index >= 15 is 0 Å². The monoisotopic (exact) mass is 401 g/mol. The van der Waals surface area contributed by atoms with E-state index in [1.54, 1.807) is 0 Å². The molecular formula is C14H13BrIN. The van der Waals surface area contributed by atoms with Crippen molar-refractivity contribution in [2.75, 3.05) is 7.05 Å². The van der Waals surface area contributed by atoms with Crippen LogP contribution in [0, 0.1) is 3.57 Å². The van der Waals surface area contributed by atoms with Gasteiger partial charge in [0.25, 0.3) is 0 Å². The van der Waals surface area contributed by atoms with Crippen molar-refractivity contribution in [1.82, 2.24) is 5.32 Å². The van der Waals surface area contributed by atoms with E-state index in [1.807, 2.05) is 7.05 Å². The van der Waals surface area contributed by atoms with Crippen LogP contribution in [0.15, 0.2) is 53.0 Å². The number of halogens is 2. The second-order valence-corrected chi connectivity index (χ2v) is 5.99. The molecule has 0 amide bonds. The van der Waals surface area contributed by atoms with Crippen molar-refractivity contribution >= 4 is 38.5 Å². The van der Waals surface area contributed by atoms with E-state index < -0.39 is 0 Å². The summed E-state index contributed by atoms with van der Waals surface area (Å²) < 4.78 is 2.37. The lowest BCUT2D eigenvalue weighted by Crippen LogP contribution is -2.17. The molecule has 1 unspecified atom stereocenters. The van der Waals surface area contributed by atoms with Crippen LogP contribution >= 0.6 is 38.5 Å². The minimum atomic E-state index is 0.248. The van der Waals surface area contributed by atoms with E-state index in [0.717, 1.165) is 4.47 Å². The Morgan fingerprint density at radius 3 is 2.35 bits per heavy atom. The molecule has 0 bridgehead atoms. The highest BCUT2D eigenvalue weighted by molar-refractivity contribution is 14.1. The van der Waals surface area contributed by atoms with Crippen LogP contribution in [0.3, 0.4) is 0 Å². The largest absolute Gasteiger partial charge is 0.309 e. The van der Waals surface area contributed by atoms with Gasteiger partial charge in [-0.2, -0.15) is 0 Å². The Balaban J connectivity index is 2.36. The van der Waals surface area contributed by atoms with Gasteiger partial charge in [-0.05, 0) is 65.0 Å². The van der Waals surface area contributed by atoms with Gasteiger partial charge in [-0.3, -0.25) is 0 Å². The molecule has 1 nitrogen and oxygen atoms in total. The molecule has 1 N–H and O–H groups in total. The molecule has 0 fully saturated rings. The summed E-state index contributed by atoms with van der Waals surface area (Å²) in [7, 11) is 1.99. The summed E-state index contributed by atoms with van der Waals surface area (Å²) in [5.74, 6) is 0. The highest BCUT2D eigenvalue weighted by Crippen LogP contribution is 2.24. The molecule has 17 heavy (non-hydrogen) atoms. The van der Waals surface area contributed by atoms with Crippen LogP contribution in [0.2, 0.25) is 0 Å². The van der Waals surface area contributed by atoms with Crippen LogP contribution in [0.5, 0.6) is 0 Å². The molecule has 2 aromatic rings. The minimum Gasteiger partial charge on any atom is -0.309 e. The Kier molecular flexibility index (Phi) is 4.59. The molecule has 3 heteroatoms. The summed E-state index contributed by atoms with van der Waals surface area (Å²) in [6.07, 6.45) is 0. The molecule has 2 rings (SSSR count). The lowest BCUT2D eigenvalue weighted by molar-refractivity contribution is 0.691. The molecule has 0 spiro atoms. The summed E-state index contributed by atoms with van der Waals surface area (Å²) in [6.45, 7) is 0. The van der Waals surface area contributed by atoms with Crippen LogP contribution in [0.25, 0.3) is 0 Å². The van der Waals surface area contributed by atoms with Gasteiger partial charge >= 0.3 is 0 Å². The third-order valence-corrected chi connectivity index (χ3v) is 3.87. The van der Waals surface area contributed by atoms with Crippen molar-refractivity contribution in [2.45, 2.75) is 6.04 Å². The summed E-state index contributed by atoms with van der Waals surface area (Å²) in [5, 5.41) is 3.36. The summed E-state index contributed by atoms with van der Waals surface area (Å²) in [6, 6.07) is 17.3. The van der Waals surface area contributed by atoms with Crippen molar-refractivity contribution in [3.8, 4) is 0 Å². The molecule has 2 aromatic carbocycles. The molecule has 0 aromatic heterocycles. The first kappa shape index (κ1) is 13.1. The Hall–Kier alpha value is -0.390. The van der Waals surface area contributed by atoms with Gasteiger partial charge in [0.2, 0.25) is 0 Å². The van der Waals surface area contributed by atoms with Crippen molar-refractivity contribution < 1.29 is 0 Å². The van der Waals surface area contributed by atoms with Crippen molar-refractivity contribution in [2.24, 2.45) is 0 Å². The fourth-order valence-corrected chi connectivity index (χ4v) is 2.70. The van der Waals surface area contributed by atoms with Gasteiger partial charge in [0.05, 0.1) is 6.04 Å². The number of rotatable bonds is 3. The molecule has 0 radical (unpaired) electrons. The summed E-state index contributed by atoms with van der Waals surface area (Å²) in [5.41, 5.74) is 2.57. The fraction of sp³-hybridized carbons (Fsp3) is 0.143. The summed E-state index contributed by atoms with van der Waals surface area (Å²) in [4.78, 5) is 0. The highest BCUT2D eigenvalue weighted by Gasteiger charge is 2.11. The third-order valence-electron chi connectivity index (χ3n) is 2.67. The van der Waals surface area contributed by atoms with E-state index in [9.17, 15) is 0 Å². The standard InChI is InChI=1S/C14H13BrIN/c1-17-14(10-5-7-12(15)8-6-10)11-3-2-4-13(16)9-11/h2-9,14,17H,1H3. The Bertz CT molecular complexity index is 496. The number of hydrogen-bond acceptors (Lipinski definition) is 1. The molecule has 0 saturated heterocycles. The first-order valence-corrected chi connectivity index (χ1v) is 7.26. The smallest absolute Gasteiger partial charge is 0.0574 e. The van der Waals surface area contributed by atoms with Gasteiger partial charge in [-0.1, -0.05) is 40.2 Å². The topological polar surface area (TPSA) is 12.0 Å². The van der Waals surface area contributed by atoms with Gasteiger partial charge < -0.3 is 5.32 Å². The van der Waals surface area contributed by atoms with E-state index in [0.29, 0.717) is 0 Å². The molecular weight excluding hydrogens is 389 g/mol. The van der Waals surface area contributed by atoms with Crippen LogP contribution in [0.4, 0.5) is 0 Å². The average Bonchev–Trinajstić information content (AvgIpc) is 2.33. The van der Waals surface area contributed by atoms with E-state index in [4.69, 9.17) is 0 Å². The van der Waals surface area contributed by atoms with Crippen molar-refractivity contribution in [3.63, 3.8) is 0 Å². The lowest BCUT2D eigenvalue weighted by atomic mass is 9.99. The van der Waals surface area contributed by atoms with Crippen LogP contribution in [0.1, 0.15) is 17.2 Å². The number of nitrogens with one attached hydrogen (secondary N) is 1. The predicted octanol–water partition coefficient (Wildman–Crippen LogP) is 4.36. The van der Waals surface area contributed by atoms with E-state index in [-0.39, 0.29) is 6.04 Å². The lowest BCUT2D eigenvalue weighted by Gasteiger charge is -2.17. The normalized spacial score (nSPS) is 12.4. The van der Waals surface area contributed by atoms with Gasteiger partial charge in [-0.15, -0.1) is 0 Å². The van der Waals surface area contributed by atoms with E-state index in [1.165, 1.54) is 14.7 Å². The zero-order valence-electron chi connectivity index (χ0n) is 9.45. The highest BCUT2D eigenvalue weighted by atomic mass is 127. The Labute approximate surface area is 124 Å². The van der Waals surface area contributed by atoms with Gasteiger partial charge in [-0.25, -0.2) is 0 Å². The van der Waals surface area contributed by atoms with Crippen molar-refractivity contribution in [3.05, 3.63) is 67.7 Å². The third kappa shape index (κ3) is 3.30. The fourth-order valence-electron chi connectivity index (χ4n) is 1.87. The van der Waals surface area contributed by atoms with Crippen LogP contribution < -0.4 is 5.32 Å². The second kappa shape index (κ2) is 5.98. The SMILES string of the molecule is CNC(c1ccc(Br)cc1)c1cccc(I)c1. The van der Waals surface area contributed by atoms with Crippen LogP contribution in [-0.2, 0) is 0 Å². The molecule has 0 heterocycles. The predicted molar refractivity (Wildman–Crippen MR) is 84.2 cm³/mol. The maximum Gasteiger partial charge on any atom is 0.0574 e. The maximum atomic E-state index is 3.46. The second-order valence-electron chi connectivity index (χ2n) is 3.83. The minimum absolute atomic E-state index is 0.248. The zero-order valence-corrected chi connectivity index (χ0v) is 13.2. The molecule has 1 atom stereocenters. The molecule has 88 valence electrons. The maximum absolute atomic E-state index is 3.46. The first-order valence-electron chi connectivity index (χ1n) is 5.39. The molecule has 0 aliphatic carbocycles. The van der Waals surface area contributed by atoms with Crippen molar-refractivity contribution in [1.29, 1.82) is 0 Å². The van der Waals surface area contributed by atoms with Gasteiger partial charge in [0, 0.05) is 8.04 Å². The van der Waals surface area contributed by atoms with Gasteiger partial charge in [0.15, 0.2) is 0 Å². The number of hydrogen-bond donors (Lipinski definition) is 1. The summed E-state index contributed by atoms with van der Waals surface area (Å²) >= 11 is 5.81. The molecule has 0 aliphatic rings.